The highest BCUT2D eigenvalue weighted by Crippen LogP contribution is 2.17. The Morgan fingerprint density at radius 1 is 1.50 bits per heavy atom. The molecule has 3 N–H and O–H groups in total. The third kappa shape index (κ3) is 2.33. The average molecular weight is 253 g/mol. The van der Waals surface area contributed by atoms with Gasteiger partial charge in [-0.3, -0.25) is 14.5 Å². The lowest BCUT2D eigenvalue weighted by atomic mass is 10.1. The van der Waals surface area contributed by atoms with Crippen LogP contribution in [-0.2, 0) is 9.59 Å². The zero-order valence-corrected chi connectivity index (χ0v) is 10.2. The van der Waals surface area contributed by atoms with E-state index in [4.69, 9.17) is 10.2 Å². The van der Waals surface area contributed by atoms with Crippen LogP contribution < -0.4 is 11.1 Å². The number of likely N-dealkylation sites (N-methyl/N-ethyl adjacent to an activating group) is 1. The Bertz CT molecular complexity index is 470. The Hall–Kier alpha value is -1.96. The topological polar surface area (TPSA) is 114 Å². The lowest BCUT2D eigenvalue weighted by Crippen LogP contribution is -2.48. The van der Waals surface area contributed by atoms with Crippen molar-refractivity contribution in [2.45, 2.75) is 31.8 Å². The predicted molar refractivity (Wildman–Crippen MR) is 61.3 cm³/mol. The summed E-state index contributed by atoms with van der Waals surface area (Å²) in [7, 11) is 1.46. The van der Waals surface area contributed by atoms with Gasteiger partial charge in [-0.2, -0.15) is 0 Å². The molecule has 2 heterocycles. The molecule has 2 atom stereocenters. The molecule has 1 aromatic heterocycles. The number of nitrogens with two attached hydrogens (primary N) is 1. The number of carbonyl (C=O) groups excluding carboxylic acids is 2. The molecule has 1 fully saturated rings. The molecule has 1 aliphatic rings. The zero-order valence-electron chi connectivity index (χ0n) is 10.2. The Labute approximate surface area is 104 Å². The van der Waals surface area contributed by atoms with Crippen molar-refractivity contribution < 1.29 is 14.0 Å². The summed E-state index contributed by atoms with van der Waals surface area (Å²) in [6, 6.07) is -0.739. The quantitative estimate of drug-likeness (QED) is 0.707. The van der Waals surface area contributed by atoms with E-state index in [9.17, 15) is 9.59 Å². The van der Waals surface area contributed by atoms with Crippen LogP contribution in [0.25, 0.3) is 0 Å². The van der Waals surface area contributed by atoms with Gasteiger partial charge in [-0.25, -0.2) is 0 Å². The van der Waals surface area contributed by atoms with E-state index in [0.29, 0.717) is 18.7 Å². The molecule has 18 heavy (non-hydrogen) atoms. The van der Waals surface area contributed by atoms with Gasteiger partial charge < -0.3 is 15.5 Å². The summed E-state index contributed by atoms with van der Waals surface area (Å²) < 4.78 is 5.24. The molecule has 1 saturated heterocycles. The van der Waals surface area contributed by atoms with Crippen LogP contribution >= 0.6 is 0 Å². The molecule has 8 nitrogen and oxygen atoms in total. The number of rotatable bonds is 3. The fourth-order valence-electron chi connectivity index (χ4n) is 1.68. The van der Waals surface area contributed by atoms with E-state index in [2.05, 4.69) is 15.5 Å². The minimum Gasteiger partial charge on any atom is -0.406 e. The summed E-state index contributed by atoms with van der Waals surface area (Å²) in [6.07, 6.45) is 0.728. The Morgan fingerprint density at radius 2 is 2.22 bits per heavy atom. The normalized spacial score (nSPS) is 22.2. The molecule has 2 unspecified atom stereocenters. The van der Waals surface area contributed by atoms with Crippen LogP contribution in [0.5, 0.6) is 0 Å². The molecule has 0 radical (unpaired) electrons. The standard InChI is InChI=1S/C10H15N5O3/c1-5(11)8-13-14-10(18-8)12-6-3-4-7(16)15(2)9(6)17/h5-6H,3-4,11H2,1-2H3,(H,12,14). The Morgan fingerprint density at radius 3 is 2.83 bits per heavy atom. The minimum absolute atomic E-state index is 0.142. The van der Waals surface area contributed by atoms with Crippen molar-refractivity contribution in [1.82, 2.24) is 15.1 Å². The monoisotopic (exact) mass is 253 g/mol. The maximum Gasteiger partial charge on any atom is 0.316 e. The van der Waals surface area contributed by atoms with Crippen molar-refractivity contribution in [2.75, 3.05) is 12.4 Å². The first-order valence-electron chi connectivity index (χ1n) is 5.65. The van der Waals surface area contributed by atoms with Gasteiger partial charge in [0, 0.05) is 13.5 Å². The Kier molecular flexibility index (Phi) is 3.28. The van der Waals surface area contributed by atoms with E-state index in [1.54, 1.807) is 6.92 Å². The molecule has 0 aliphatic carbocycles. The minimum atomic E-state index is -0.519. The number of aromatic nitrogens is 2. The van der Waals surface area contributed by atoms with Crippen LogP contribution in [0, 0.1) is 0 Å². The van der Waals surface area contributed by atoms with Gasteiger partial charge in [0.25, 0.3) is 5.91 Å². The molecule has 1 aliphatic heterocycles. The van der Waals surface area contributed by atoms with Crippen LogP contribution in [0.4, 0.5) is 6.01 Å². The van der Waals surface area contributed by atoms with Gasteiger partial charge in [-0.1, -0.05) is 5.10 Å². The van der Waals surface area contributed by atoms with E-state index in [1.165, 1.54) is 7.05 Å². The van der Waals surface area contributed by atoms with Crippen molar-refractivity contribution in [3.63, 3.8) is 0 Å². The smallest absolute Gasteiger partial charge is 0.316 e. The number of likely N-dealkylation sites (tertiary alicyclic amines) is 1. The molecule has 98 valence electrons. The van der Waals surface area contributed by atoms with Crippen molar-refractivity contribution in [1.29, 1.82) is 0 Å². The largest absolute Gasteiger partial charge is 0.406 e. The number of nitrogens with zero attached hydrogens (tertiary/aromatic N) is 3. The molecule has 0 aromatic carbocycles. The third-order valence-corrected chi connectivity index (χ3v) is 2.78. The van der Waals surface area contributed by atoms with E-state index < -0.39 is 6.04 Å². The average Bonchev–Trinajstić information content (AvgIpc) is 2.79. The number of carbonyl (C=O) groups is 2. The molecule has 0 saturated carbocycles. The molecular formula is C10H15N5O3. The number of piperidine rings is 1. The second kappa shape index (κ2) is 4.73. The van der Waals surface area contributed by atoms with Crippen LogP contribution in [0.15, 0.2) is 4.42 Å². The van der Waals surface area contributed by atoms with E-state index in [-0.39, 0.29) is 23.9 Å². The van der Waals surface area contributed by atoms with Crippen molar-refractivity contribution in [2.24, 2.45) is 5.73 Å². The highest BCUT2D eigenvalue weighted by molar-refractivity contribution is 6.01. The van der Waals surface area contributed by atoms with Gasteiger partial charge in [0.1, 0.15) is 6.04 Å². The molecule has 0 bridgehead atoms. The third-order valence-electron chi connectivity index (χ3n) is 2.78. The summed E-state index contributed by atoms with van der Waals surface area (Å²) in [4.78, 5) is 24.2. The van der Waals surface area contributed by atoms with E-state index in [1.807, 2.05) is 0 Å². The first kappa shape index (κ1) is 12.5. The Balaban J connectivity index is 2.04. The second-order valence-electron chi connectivity index (χ2n) is 4.26. The number of imide groups is 1. The van der Waals surface area contributed by atoms with Crippen LogP contribution in [0.3, 0.4) is 0 Å². The molecule has 1 aromatic rings. The number of anilines is 1. The maximum absolute atomic E-state index is 11.8. The summed E-state index contributed by atoms with van der Waals surface area (Å²) in [5.41, 5.74) is 5.58. The molecule has 0 spiro atoms. The molecule has 8 heteroatoms. The van der Waals surface area contributed by atoms with Gasteiger partial charge >= 0.3 is 6.01 Å². The van der Waals surface area contributed by atoms with Gasteiger partial charge in [0.2, 0.25) is 11.8 Å². The number of nitrogens with one attached hydrogen (secondary N) is 1. The van der Waals surface area contributed by atoms with Gasteiger partial charge in [-0.05, 0) is 13.3 Å². The number of hydrogen-bond acceptors (Lipinski definition) is 7. The van der Waals surface area contributed by atoms with Crippen LogP contribution in [-0.4, -0.2) is 40.0 Å². The van der Waals surface area contributed by atoms with Gasteiger partial charge in [0.05, 0.1) is 6.04 Å². The summed E-state index contributed by atoms with van der Waals surface area (Å²) in [5, 5.41) is 10.3. The first-order valence-corrected chi connectivity index (χ1v) is 5.65. The molecule has 2 rings (SSSR count). The fraction of sp³-hybridized carbons (Fsp3) is 0.600. The highest BCUT2D eigenvalue weighted by Gasteiger charge is 2.32. The zero-order chi connectivity index (χ0) is 13.3. The molecular weight excluding hydrogens is 238 g/mol. The van der Waals surface area contributed by atoms with Crippen molar-refractivity contribution in [3.05, 3.63) is 5.89 Å². The first-order chi connectivity index (χ1) is 8.49. The highest BCUT2D eigenvalue weighted by atomic mass is 16.4. The van der Waals surface area contributed by atoms with Gasteiger partial charge in [-0.15, -0.1) is 5.10 Å². The summed E-state index contributed by atoms with van der Waals surface area (Å²) >= 11 is 0. The van der Waals surface area contributed by atoms with Crippen molar-refractivity contribution >= 4 is 17.8 Å². The van der Waals surface area contributed by atoms with E-state index >= 15 is 0 Å². The van der Waals surface area contributed by atoms with Gasteiger partial charge in [0.15, 0.2) is 0 Å². The molecule has 2 amide bonds. The predicted octanol–water partition coefficient (Wildman–Crippen LogP) is -0.351. The maximum atomic E-state index is 11.8. The van der Waals surface area contributed by atoms with Crippen LogP contribution in [0.1, 0.15) is 31.7 Å². The van der Waals surface area contributed by atoms with Crippen molar-refractivity contribution in [3.8, 4) is 0 Å². The SMILES string of the molecule is CC(N)c1nnc(NC2CCC(=O)N(C)C2=O)o1. The summed E-state index contributed by atoms with van der Waals surface area (Å²) in [5.74, 6) is -0.183. The lowest BCUT2D eigenvalue weighted by molar-refractivity contribution is -0.146. The summed E-state index contributed by atoms with van der Waals surface area (Å²) in [6.45, 7) is 1.72. The number of hydrogen-bond donors (Lipinski definition) is 2. The van der Waals surface area contributed by atoms with E-state index in [0.717, 1.165) is 4.90 Å². The lowest BCUT2D eigenvalue weighted by Gasteiger charge is -2.27. The van der Waals surface area contributed by atoms with Crippen LogP contribution in [0.2, 0.25) is 0 Å². The number of amides is 2. The second-order valence-corrected chi connectivity index (χ2v) is 4.26. The fourth-order valence-corrected chi connectivity index (χ4v) is 1.68.